The number of alkyl carbamates (subject to hydrolysis) is 1. The number of nitrogens with one attached hydrogen (secondary N) is 2. The van der Waals surface area contributed by atoms with Crippen molar-refractivity contribution in [2.45, 2.75) is 70.6 Å². The lowest BCUT2D eigenvalue weighted by Gasteiger charge is -2.22. The highest BCUT2D eigenvalue weighted by Gasteiger charge is 2.27. The third kappa shape index (κ3) is 6.22. The second kappa shape index (κ2) is 7.45. The second-order valence-electron chi connectivity index (χ2n) is 7.33. The molecule has 0 aromatic heterocycles. The molecule has 3 unspecified atom stereocenters. The standard InChI is InChI=1S/C16H30N2O3/c1-16(2,3)21-15(19)18-14-5-4-13(10-14)17-8-6-12-7-9-20-11-12/h12-14,17H,4-11H2,1-3H3,(H,18,19). The molecular weight excluding hydrogens is 268 g/mol. The molecule has 0 aromatic rings. The van der Waals surface area contributed by atoms with E-state index in [0.717, 1.165) is 44.9 Å². The molecule has 1 amide bonds. The van der Waals surface area contributed by atoms with E-state index in [4.69, 9.17) is 9.47 Å². The first-order chi connectivity index (χ1) is 9.92. The summed E-state index contributed by atoms with van der Waals surface area (Å²) in [5.41, 5.74) is -0.427. The number of ether oxygens (including phenoxy) is 2. The van der Waals surface area contributed by atoms with Gasteiger partial charge >= 0.3 is 6.09 Å². The smallest absolute Gasteiger partial charge is 0.407 e. The molecule has 21 heavy (non-hydrogen) atoms. The van der Waals surface area contributed by atoms with E-state index in [9.17, 15) is 4.79 Å². The van der Waals surface area contributed by atoms with E-state index in [-0.39, 0.29) is 12.1 Å². The van der Waals surface area contributed by atoms with Crippen LogP contribution in [0.15, 0.2) is 0 Å². The Kier molecular flexibility index (Phi) is 5.88. The van der Waals surface area contributed by atoms with E-state index in [1.807, 2.05) is 20.8 Å². The third-order valence-electron chi connectivity index (χ3n) is 4.16. The maximum Gasteiger partial charge on any atom is 0.407 e. The van der Waals surface area contributed by atoms with Gasteiger partial charge in [-0.1, -0.05) is 0 Å². The van der Waals surface area contributed by atoms with Crippen molar-refractivity contribution >= 4 is 6.09 Å². The average Bonchev–Trinajstić information content (AvgIpc) is 2.98. The summed E-state index contributed by atoms with van der Waals surface area (Å²) in [6, 6.07) is 0.763. The van der Waals surface area contributed by atoms with Crippen LogP contribution in [-0.2, 0) is 9.47 Å². The van der Waals surface area contributed by atoms with Gasteiger partial charge in [0.15, 0.2) is 0 Å². The Hall–Kier alpha value is -0.810. The normalized spacial score (nSPS) is 29.6. The van der Waals surface area contributed by atoms with Gasteiger partial charge in [0, 0.05) is 25.3 Å². The zero-order valence-electron chi connectivity index (χ0n) is 13.6. The van der Waals surface area contributed by atoms with Crippen LogP contribution in [0.25, 0.3) is 0 Å². The van der Waals surface area contributed by atoms with E-state index >= 15 is 0 Å². The van der Waals surface area contributed by atoms with Gasteiger partial charge < -0.3 is 20.1 Å². The predicted octanol–water partition coefficient (Wildman–Crippen LogP) is 2.45. The van der Waals surface area contributed by atoms with Crippen LogP contribution in [0, 0.1) is 5.92 Å². The van der Waals surface area contributed by atoms with Crippen LogP contribution in [-0.4, -0.2) is 43.5 Å². The van der Waals surface area contributed by atoms with Crippen LogP contribution >= 0.6 is 0 Å². The number of carbonyl (C=O) groups is 1. The van der Waals surface area contributed by atoms with Crippen LogP contribution in [0.4, 0.5) is 4.79 Å². The molecule has 2 N–H and O–H groups in total. The number of rotatable bonds is 5. The summed E-state index contributed by atoms with van der Waals surface area (Å²) in [6.07, 6.45) is 5.26. The number of hydrogen-bond acceptors (Lipinski definition) is 4. The Morgan fingerprint density at radius 1 is 1.24 bits per heavy atom. The van der Waals surface area contributed by atoms with E-state index < -0.39 is 5.60 Å². The summed E-state index contributed by atoms with van der Waals surface area (Å²) in [7, 11) is 0. The van der Waals surface area contributed by atoms with Crippen molar-refractivity contribution in [2.24, 2.45) is 5.92 Å². The largest absolute Gasteiger partial charge is 0.444 e. The zero-order chi connectivity index (χ0) is 15.3. The molecule has 1 heterocycles. The summed E-state index contributed by atoms with van der Waals surface area (Å²) in [5.74, 6) is 0.731. The van der Waals surface area contributed by atoms with Crippen LogP contribution in [0.2, 0.25) is 0 Å². The molecular formula is C16H30N2O3. The van der Waals surface area contributed by atoms with E-state index in [2.05, 4.69) is 10.6 Å². The molecule has 0 aromatic carbocycles. The fourth-order valence-electron chi connectivity index (χ4n) is 3.07. The number of carbonyl (C=O) groups excluding carboxylic acids is 1. The van der Waals surface area contributed by atoms with E-state index in [0.29, 0.717) is 6.04 Å². The molecule has 0 radical (unpaired) electrons. The van der Waals surface area contributed by atoms with Crippen LogP contribution < -0.4 is 10.6 Å². The Bertz CT molecular complexity index is 335. The van der Waals surface area contributed by atoms with Gasteiger partial charge in [-0.15, -0.1) is 0 Å². The second-order valence-corrected chi connectivity index (χ2v) is 7.33. The summed E-state index contributed by atoms with van der Waals surface area (Å²) >= 11 is 0. The minimum absolute atomic E-state index is 0.243. The highest BCUT2D eigenvalue weighted by atomic mass is 16.6. The number of amides is 1. The van der Waals surface area contributed by atoms with Gasteiger partial charge in [0.1, 0.15) is 5.60 Å². The topological polar surface area (TPSA) is 59.6 Å². The van der Waals surface area contributed by atoms with Crippen molar-refractivity contribution < 1.29 is 14.3 Å². The molecule has 3 atom stereocenters. The lowest BCUT2D eigenvalue weighted by Crippen LogP contribution is -2.39. The fourth-order valence-corrected chi connectivity index (χ4v) is 3.07. The van der Waals surface area contributed by atoms with Crippen molar-refractivity contribution in [3.05, 3.63) is 0 Å². The lowest BCUT2D eigenvalue weighted by atomic mass is 10.1. The van der Waals surface area contributed by atoms with Gasteiger partial charge in [0.2, 0.25) is 0 Å². The van der Waals surface area contributed by atoms with Gasteiger partial charge in [0.05, 0.1) is 0 Å². The van der Waals surface area contributed by atoms with Crippen LogP contribution in [0.1, 0.15) is 52.9 Å². The summed E-state index contributed by atoms with van der Waals surface area (Å²) in [5, 5.41) is 6.59. The Labute approximate surface area is 128 Å². The lowest BCUT2D eigenvalue weighted by molar-refractivity contribution is 0.0505. The average molecular weight is 298 g/mol. The molecule has 2 fully saturated rings. The molecule has 1 aliphatic heterocycles. The van der Waals surface area contributed by atoms with Crippen LogP contribution in [0.5, 0.6) is 0 Å². The Morgan fingerprint density at radius 3 is 2.67 bits per heavy atom. The summed E-state index contributed by atoms with van der Waals surface area (Å²) in [6.45, 7) is 8.57. The number of hydrogen-bond donors (Lipinski definition) is 2. The quantitative estimate of drug-likeness (QED) is 0.818. The minimum atomic E-state index is -0.427. The van der Waals surface area contributed by atoms with Gasteiger partial charge in [-0.05, 0) is 65.3 Å². The maximum atomic E-state index is 11.7. The molecule has 0 spiro atoms. The maximum absolute atomic E-state index is 11.7. The Balaban J connectivity index is 1.58. The Morgan fingerprint density at radius 2 is 2.00 bits per heavy atom. The minimum Gasteiger partial charge on any atom is -0.444 e. The summed E-state index contributed by atoms with van der Waals surface area (Å²) in [4.78, 5) is 11.7. The molecule has 1 saturated carbocycles. The van der Waals surface area contributed by atoms with Gasteiger partial charge in [0.25, 0.3) is 0 Å². The third-order valence-corrected chi connectivity index (χ3v) is 4.16. The highest BCUT2D eigenvalue weighted by Crippen LogP contribution is 2.21. The fraction of sp³-hybridized carbons (Fsp3) is 0.938. The molecule has 1 aliphatic carbocycles. The molecule has 1 saturated heterocycles. The van der Waals surface area contributed by atoms with Crippen molar-refractivity contribution in [1.29, 1.82) is 0 Å². The van der Waals surface area contributed by atoms with Crippen molar-refractivity contribution in [3.63, 3.8) is 0 Å². The van der Waals surface area contributed by atoms with Gasteiger partial charge in [-0.25, -0.2) is 4.79 Å². The zero-order valence-corrected chi connectivity index (χ0v) is 13.6. The first-order valence-electron chi connectivity index (χ1n) is 8.23. The monoisotopic (exact) mass is 298 g/mol. The molecule has 2 aliphatic rings. The summed E-state index contributed by atoms with van der Waals surface area (Å²) < 4.78 is 10.7. The van der Waals surface area contributed by atoms with Crippen LogP contribution in [0.3, 0.4) is 0 Å². The molecule has 122 valence electrons. The van der Waals surface area contributed by atoms with Crippen molar-refractivity contribution in [2.75, 3.05) is 19.8 Å². The SMILES string of the molecule is CC(C)(C)OC(=O)NC1CCC(NCCC2CCOC2)C1. The van der Waals surface area contributed by atoms with Gasteiger partial charge in [-0.2, -0.15) is 0 Å². The van der Waals surface area contributed by atoms with Crippen molar-refractivity contribution in [1.82, 2.24) is 10.6 Å². The van der Waals surface area contributed by atoms with E-state index in [1.54, 1.807) is 0 Å². The molecule has 2 rings (SSSR count). The first-order valence-corrected chi connectivity index (χ1v) is 8.23. The molecule has 5 nitrogen and oxygen atoms in total. The molecule has 0 bridgehead atoms. The van der Waals surface area contributed by atoms with Crippen molar-refractivity contribution in [3.8, 4) is 0 Å². The highest BCUT2D eigenvalue weighted by molar-refractivity contribution is 5.68. The van der Waals surface area contributed by atoms with Gasteiger partial charge in [-0.3, -0.25) is 0 Å². The van der Waals surface area contributed by atoms with E-state index in [1.165, 1.54) is 12.8 Å². The molecule has 5 heteroatoms. The predicted molar refractivity (Wildman–Crippen MR) is 82.3 cm³/mol. The first kappa shape index (κ1) is 16.6.